The van der Waals surface area contributed by atoms with Gasteiger partial charge in [-0.25, -0.2) is 4.98 Å². The SMILES string of the molecule is CCN(Cc1ccccc1)c1ccc(C(=O)Nc2cccc3cccnc23)cn1. The van der Waals surface area contributed by atoms with Gasteiger partial charge in [-0.05, 0) is 36.8 Å². The number of aromatic nitrogens is 2. The largest absolute Gasteiger partial charge is 0.353 e. The number of carbonyl (C=O) groups excluding carboxylic acids is 1. The van der Waals surface area contributed by atoms with E-state index in [4.69, 9.17) is 0 Å². The zero-order valence-electron chi connectivity index (χ0n) is 16.2. The first kappa shape index (κ1) is 18.6. The molecule has 4 aromatic rings. The molecular formula is C24H22N4O. The van der Waals surface area contributed by atoms with Crippen molar-refractivity contribution in [3.05, 3.63) is 96.3 Å². The van der Waals surface area contributed by atoms with E-state index < -0.39 is 0 Å². The number of carbonyl (C=O) groups is 1. The molecule has 0 aliphatic carbocycles. The van der Waals surface area contributed by atoms with Gasteiger partial charge in [-0.2, -0.15) is 0 Å². The predicted molar refractivity (Wildman–Crippen MR) is 117 cm³/mol. The Labute approximate surface area is 170 Å². The monoisotopic (exact) mass is 382 g/mol. The summed E-state index contributed by atoms with van der Waals surface area (Å²) in [4.78, 5) is 23.8. The van der Waals surface area contributed by atoms with Crippen LogP contribution in [0.2, 0.25) is 0 Å². The van der Waals surface area contributed by atoms with Crippen molar-refractivity contribution in [1.29, 1.82) is 0 Å². The number of benzene rings is 2. The molecule has 0 bridgehead atoms. The Kier molecular flexibility index (Phi) is 5.47. The van der Waals surface area contributed by atoms with E-state index in [0.717, 1.165) is 29.8 Å². The fourth-order valence-electron chi connectivity index (χ4n) is 3.27. The van der Waals surface area contributed by atoms with Crippen LogP contribution in [0.25, 0.3) is 10.9 Å². The molecule has 0 fully saturated rings. The number of hydrogen-bond donors (Lipinski definition) is 1. The first-order valence-corrected chi connectivity index (χ1v) is 9.64. The lowest BCUT2D eigenvalue weighted by Gasteiger charge is -2.22. The van der Waals surface area contributed by atoms with Gasteiger partial charge in [0.2, 0.25) is 0 Å². The minimum absolute atomic E-state index is 0.201. The molecule has 2 aromatic heterocycles. The first-order valence-electron chi connectivity index (χ1n) is 9.64. The van der Waals surface area contributed by atoms with Crippen LogP contribution in [-0.2, 0) is 6.54 Å². The molecule has 0 aliphatic heterocycles. The van der Waals surface area contributed by atoms with Crippen LogP contribution in [0.5, 0.6) is 0 Å². The van der Waals surface area contributed by atoms with E-state index in [1.165, 1.54) is 5.56 Å². The molecule has 1 amide bonds. The van der Waals surface area contributed by atoms with Gasteiger partial charge in [-0.3, -0.25) is 9.78 Å². The Morgan fingerprint density at radius 2 is 1.76 bits per heavy atom. The summed E-state index contributed by atoms with van der Waals surface area (Å²) >= 11 is 0. The van der Waals surface area contributed by atoms with Crippen molar-refractivity contribution in [2.24, 2.45) is 0 Å². The highest BCUT2D eigenvalue weighted by Gasteiger charge is 2.12. The van der Waals surface area contributed by atoms with E-state index in [9.17, 15) is 4.79 Å². The zero-order chi connectivity index (χ0) is 20.1. The van der Waals surface area contributed by atoms with Gasteiger partial charge in [0.15, 0.2) is 0 Å². The maximum Gasteiger partial charge on any atom is 0.257 e. The average Bonchev–Trinajstić information content (AvgIpc) is 2.78. The third-order valence-electron chi connectivity index (χ3n) is 4.81. The molecule has 2 heterocycles. The smallest absolute Gasteiger partial charge is 0.257 e. The second kappa shape index (κ2) is 8.52. The third-order valence-corrected chi connectivity index (χ3v) is 4.81. The molecule has 0 atom stereocenters. The number of fused-ring (bicyclic) bond motifs is 1. The number of amides is 1. The molecule has 2 aromatic carbocycles. The average molecular weight is 382 g/mol. The lowest BCUT2D eigenvalue weighted by Crippen LogP contribution is -2.23. The zero-order valence-corrected chi connectivity index (χ0v) is 16.2. The lowest BCUT2D eigenvalue weighted by molar-refractivity contribution is 0.102. The summed E-state index contributed by atoms with van der Waals surface area (Å²) < 4.78 is 0. The maximum absolute atomic E-state index is 12.7. The van der Waals surface area contributed by atoms with Gasteiger partial charge in [0.05, 0.1) is 16.8 Å². The molecule has 4 rings (SSSR count). The number of anilines is 2. The molecule has 0 saturated carbocycles. The molecule has 0 unspecified atom stereocenters. The maximum atomic E-state index is 12.7. The van der Waals surface area contributed by atoms with Crippen LogP contribution in [0.1, 0.15) is 22.8 Å². The summed E-state index contributed by atoms with van der Waals surface area (Å²) in [7, 11) is 0. The van der Waals surface area contributed by atoms with E-state index >= 15 is 0 Å². The molecule has 5 heteroatoms. The number of para-hydroxylation sites is 1. The second-order valence-electron chi connectivity index (χ2n) is 6.74. The lowest BCUT2D eigenvalue weighted by atomic mass is 10.2. The van der Waals surface area contributed by atoms with Crippen molar-refractivity contribution < 1.29 is 4.79 Å². The predicted octanol–water partition coefficient (Wildman–Crippen LogP) is 4.91. The Hall–Kier alpha value is -3.73. The molecule has 0 radical (unpaired) electrons. The summed E-state index contributed by atoms with van der Waals surface area (Å²) in [6.07, 6.45) is 3.34. The van der Waals surface area contributed by atoms with Gasteiger partial charge in [0, 0.05) is 30.9 Å². The van der Waals surface area contributed by atoms with Crippen LogP contribution < -0.4 is 10.2 Å². The van der Waals surface area contributed by atoms with E-state index in [1.54, 1.807) is 12.4 Å². The van der Waals surface area contributed by atoms with Crippen molar-refractivity contribution >= 4 is 28.3 Å². The topological polar surface area (TPSA) is 58.1 Å². The standard InChI is InChI=1S/C24H22N4O/c1-2-28(17-18-8-4-3-5-9-18)22-14-13-20(16-26-22)24(29)27-21-12-6-10-19-11-7-15-25-23(19)21/h3-16H,2,17H2,1H3,(H,27,29). The van der Waals surface area contributed by atoms with Crippen LogP contribution in [-0.4, -0.2) is 22.4 Å². The van der Waals surface area contributed by atoms with Gasteiger partial charge in [0.1, 0.15) is 5.82 Å². The van der Waals surface area contributed by atoms with Gasteiger partial charge >= 0.3 is 0 Å². The molecule has 5 nitrogen and oxygen atoms in total. The Morgan fingerprint density at radius 3 is 2.52 bits per heavy atom. The fraction of sp³-hybridized carbons (Fsp3) is 0.125. The van der Waals surface area contributed by atoms with Crippen molar-refractivity contribution in [2.75, 3.05) is 16.8 Å². The minimum Gasteiger partial charge on any atom is -0.353 e. The van der Waals surface area contributed by atoms with Crippen LogP contribution in [0, 0.1) is 0 Å². The first-order chi connectivity index (χ1) is 14.2. The highest BCUT2D eigenvalue weighted by molar-refractivity contribution is 6.08. The number of nitrogens with zero attached hydrogens (tertiary/aromatic N) is 3. The van der Waals surface area contributed by atoms with Crippen molar-refractivity contribution in [2.45, 2.75) is 13.5 Å². The minimum atomic E-state index is -0.201. The van der Waals surface area contributed by atoms with E-state index in [0.29, 0.717) is 11.3 Å². The van der Waals surface area contributed by atoms with E-state index in [-0.39, 0.29) is 5.91 Å². The van der Waals surface area contributed by atoms with Crippen molar-refractivity contribution in [3.8, 4) is 0 Å². The van der Waals surface area contributed by atoms with Gasteiger partial charge in [-0.1, -0.05) is 48.5 Å². The van der Waals surface area contributed by atoms with E-state index in [2.05, 4.69) is 39.2 Å². The molecule has 1 N–H and O–H groups in total. The number of hydrogen-bond acceptors (Lipinski definition) is 4. The van der Waals surface area contributed by atoms with Gasteiger partial charge in [-0.15, -0.1) is 0 Å². The third kappa shape index (κ3) is 4.24. The van der Waals surface area contributed by atoms with Crippen molar-refractivity contribution in [3.63, 3.8) is 0 Å². The van der Waals surface area contributed by atoms with Gasteiger partial charge < -0.3 is 10.2 Å². The number of rotatable bonds is 6. The Bertz CT molecular complexity index is 1110. The highest BCUT2D eigenvalue weighted by Crippen LogP contribution is 2.22. The normalized spacial score (nSPS) is 10.7. The molecule has 0 aliphatic rings. The Morgan fingerprint density at radius 1 is 0.931 bits per heavy atom. The highest BCUT2D eigenvalue weighted by atomic mass is 16.1. The van der Waals surface area contributed by atoms with Crippen LogP contribution in [0.3, 0.4) is 0 Å². The molecule has 0 saturated heterocycles. The second-order valence-corrected chi connectivity index (χ2v) is 6.74. The van der Waals surface area contributed by atoms with E-state index in [1.807, 2.05) is 60.7 Å². The molecule has 0 spiro atoms. The summed E-state index contributed by atoms with van der Waals surface area (Å²) in [5.41, 5.74) is 3.20. The Balaban J connectivity index is 1.50. The quantitative estimate of drug-likeness (QED) is 0.515. The molecular weight excluding hydrogens is 360 g/mol. The van der Waals surface area contributed by atoms with Crippen LogP contribution in [0.4, 0.5) is 11.5 Å². The fourth-order valence-corrected chi connectivity index (χ4v) is 3.27. The number of nitrogens with one attached hydrogen (secondary N) is 1. The number of pyridine rings is 2. The van der Waals surface area contributed by atoms with Gasteiger partial charge in [0.25, 0.3) is 5.91 Å². The summed E-state index contributed by atoms with van der Waals surface area (Å²) in [5, 5.41) is 3.93. The summed E-state index contributed by atoms with van der Waals surface area (Å²) in [6.45, 7) is 3.70. The molecule has 29 heavy (non-hydrogen) atoms. The van der Waals surface area contributed by atoms with Crippen LogP contribution in [0.15, 0.2) is 85.2 Å². The molecule has 144 valence electrons. The van der Waals surface area contributed by atoms with Crippen LogP contribution >= 0.6 is 0 Å². The summed E-state index contributed by atoms with van der Waals surface area (Å²) in [6, 6.07) is 23.6. The van der Waals surface area contributed by atoms with Crippen molar-refractivity contribution in [1.82, 2.24) is 9.97 Å². The summed E-state index contributed by atoms with van der Waals surface area (Å²) in [5.74, 6) is 0.646.